The van der Waals surface area contributed by atoms with E-state index in [1.54, 1.807) is 0 Å². The second-order valence-electron chi connectivity index (χ2n) is 4.75. The molecule has 0 aliphatic carbocycles. The lowest BCUT2D eigenvalue weighted by Crippen LogP contribution is -2.00. The Morgan fingerprint density at radius 2 is 1.90 bits per heavy atom. The summed E-state index contributed by atoms with van der Waals surface area (Å²) in [7, 11) is 0. The number of fused-ring (bicyclic) bond motifs is 1. The predicted molar refractivity (Wildman–Crippen MR) is 80.9 cm³/mol. The summed E-state index contributed by atoms with van der Waals surface area (Å²) in [5.74, 6) is 1.62. The number of nitrogens with zero attached hydrogens (tertiary/aromatic N) is 1. The predicted octanol–water partition coefficient (Wildman–Crippen LogP) is 3.79. The van der Waals surface area contributed by atoms with Crippen molar-refractivity contribution in [3.05, 3.63) is 65.9 Å². The van der Waals surface area contributed by atoms with Crippen molar-refractivity contribution in [1.82, 2.24) is 4.98 Å². The third-order valence-electron chi connectivity index (χ3n) is 3.16. The quantitative estimate of drug-likeness (QED) is 0.782. The van der Waals surface area contributed by atoms with E-state index in [1.807, 2.05) is 61.5 Å². The fraction of sp³-hybridized carbons (Fsp3) is 0.118. The Kier molecular flexibility index (Phi) is 3.35. The van der Waals surface area contributed by atoms with Gasteiger partial charge in [0.1, 0.15) is 11.5 Å². The van der Waals surface area contributed by atoms with Crippen LogP contribution in [0.2, 0.25) is 0 Å². The zero-order valence-corrected chi connectivity index (χ0v) is 11.3. The van der Waals surface area contributed by atoms with E-state index in [0.29, 0.717) is 6.54 Å². The number of hydrogen-bond acceptors (Lipinski definition) is 3. The average Bonchev–Trinajstić information content (AvgIpc) is 2.47. The lowest BCUT2D eigenvalue weighted by Gasteiger charge is -2.11. The van der Waals surface area contributed by atoms with Crippen molar-refractivity contribution in [3.63, 3.8) is 0 Å². The molecule has 100 valence electrons. The minimum Gasteiger partial charge on any atom is -0.457 e. The highest BCUT2D eigenvalue weighted by molar-refractivity contribution is 5.85. The van der Waals surface area contributed by atoms with Crippen molar-refractivity contribution in [3.8, 4) is 11.5 Å². The summed E-state index contributed by atoms with van der Waals surface area (Å²) < 4.78 is 6.02. The number of para-hydroxylation sites is 1. The van der Waals surface area contributed by atoms with Gasteiger partial charge in [-0.1, -0.05) is 24.3 Å². The van der Waals surface area contributed by atoms with Gasteiger partial charge in [-0.15, -0.1) is 0 Å². The molecule has 0 radical (unpaired) electrons. The first kappa shape index (κ1) is 12.6. The monoisotopic (exact) mass is 264 g/mol. The number of ether oxygens (including phenoxy) is 1. The molecular weight excluding hydrogens is 248 g/mol. The number of aromatic nitrogens is 1. The molecule has 0 amide bonds. The number of pyridine rings is 1. The van der Waals surface area contributed by atoms with Crippen molar-refractivity contribution in [2.24, 2.45) is 5.73 Å². The van der Waals surface area contributed by atoms with Gasteiger partial charge >= 0.3 is 0 Å². The van der Waals surface area contributed by atoms with Crippen LogP contribution >= 0.6 is 0 Å². The van der Waals surface area contributed by atoms with E-state index in [9.17, 15) is 0 Å². The maximum atomic E-state index is 6.02. The molecule has 2 aromatic carbocycles. The molecule has 3 nitrogen and oxygen atoms in total. The van der Waals surface area contributed by atoms with Crippen molar-refractivity contribution in [2.45, 2.75) is 13.5 Å². The molecule has 0 spiro atoms. The lowest BCUT2D eigenvalue weighted by atomic mass is 10.1. The fourth-order valence-electron chi connectivity index (χ4n) is 2.19. The topological polar surface area (TPSA) is 48.1 Å². The molecule has 3 heteroatoms. The Balaban J connectivity index is 2.10. The largest absolute Gasteiger partial charge is 0.457 e. The van der Waals surface area contributed by atoms with Crippen LogP contribution in [0.3, 0.4) is 0 Å². The molecule has 0 unspecified atom stereocenters. The second-order valence-corrected chi connectivity index (χ2v) is 4.75. The van der Waals surface area contributed by atoms with Crippen LogP contribution < -0.4 is 10.5 Å². The van der Waals surface area contributed by atoms with Crippen molar-refractivity contribution >= 4 is 10.9 Å². The van der Waals surface area contributed by atoms with Gasteiger partial charge in [0.05, 0.1) is 11.2 Å². The van der Waals surface area contributed by atoms with E-state index in [0.717, 1.165) is 28.1 Å². The van der Waals surface area contributed by atoms with Crippen molar-refractivity contribution in [2.75, 3.05) is 0 Å². The molecule has 20 heavy (non-hydrogen) atoms. The highest BCUT2D eigenvalue weighted by atomic mass is 16.5. The Morgan fingerprint density at radius 3 is 2.70 bits per heavy atom. The maximum absolute atomic E-state index is 6.02. The number of hydrogen-bond donors (Lipinski definition) is 1. The third kappa shape index (κ3) is 2.49. The van der Waals surface area contributed by atoms with Crippen molar-refractivity contribution < 1.29 is 4.74 Å². The molecule has 0 fully saturated rings. The van der Waals surface area contributed by atoms with Gasteiger partial charge in [0, 0.05) is 18.0 Å². The molecular formula is C17H16N2O. The van der Waals surface area contributed by atoms with Gasteiger partial charge < -0.3 is 10.5 Å². The van der Waals surface area contributed by atoms with E-state index in [1.165, 1.54) is 5.56 Å². The molecule has 0 saturated carbocycles. The number of rotatable bonds is 3. The van der Waals surface area contributed by atoms with Gasteiger partial charge in [-0.3, -0.25) is 4.98 Å². The van der Waals surface area contributed by atoms with Crippen LogP contribution in [0, 0.1) is 6.92 Å². The summed E-state index contributed by atoms with van der Waals surface area (Å²) in [6, 6.07) is 17.8. The van der Waals surface area contributed by atoms with Crippen LogP contribution in [0.1, 0.15) is 11.3 Å². The molecule has 2 N–H and O–H groups in total. The Labute approximate surface area is 118 Å². The van der Waals surface area contributed by atoms with E-state index in [-0.39, 0.29) is 0 Å². The van der Waals surface area contributed by atoms with Crippen LogP contribution in [0.25, 0.3) is 10.9 Å². The first-order valence-corrected chi connectivity index (χ1v) is 6.59. The van der Waals surface area contributed by atoms with Gasteiger partial charge in [0.2, 0.25) is 0 Å². The Bertz CT molecular complexity index is 753. The van der Waals surface area contributed by atoms with Crippen molar-refractivity contribution in [1.29, 1.82) is 0 Å². The van der Waals surface area contributed by atoms with E-state index >= 15 is 0 Å². The number of benzene rings is 2. The summed E-state index contributed by atoms with van der Waals surface area (Å²) in [4.78, 5) is 4.51. The van der Waals surface area contributed by atoms with Crippen LogP contribution in [0.5, 0.6) is 11.5 Å². The molecule has 3 rings (SSSR count). The normalized spacial score (nSPS) is 10.7. The molecule has 1 aromatic heterocycles. The first-order chi connectivity index (χ1) is 9.76. The second kappa shape index (κ2) is 5.31. The maximum Gasteiger partial charge on any atom is 0.138 e. The van der Waals surface area contributed by atoms with Crippen LogP contribution in [0.15, 0.2) is 54.6 Å². The lowest BCUT2D eigenvalue weighted by molar-refractivity contribution is 0.486. The molecule has 0 aliphatic rings. The average molecular weight is 264 g/mol. The third-order valence-corrected chi connectivity index (χ3v) is 3.16. The van der Waals surface area contributed by atoms with Gasteiger partial charge in [-0.2, -0.15) is 0 Å². The highest BCUT2D eigenvalue weighted by Gasteiger charge is 2.07. The molecule has 0 aliphatic heterocycles. The molecule has 0 atom stereocenters. The zero-order valence-electron chi connectivity index (χ0n) is 11.3. The standard InChI is InChI=1S/C17H16N2O/c1-12-5-4-6-14(9-12)20-17-10-13(11-18)19-16-8-3-2-7-15(16)17/h2-10H,11,18H2,1H3. The minimum atomic E-state index is 0.398. The minimum absolute atomic E-state index is 0.398. The van der Waals surface area contributed by atoms with E-state index in [4.69, 9.17) is 10.5 Å². The SMILES string of the molecule is Cc1cccc(Oc2cc(CN)nc3ccccc23)c1. The van der Waals surface area contributed by atoms with Crippen LogP contribution in [0.4, 0.5) is 0 Å². The summed E-state index contributed by atoms with van der Waals surface area (Å²) in [6.07, 6.45) is 0. The van der Waals surface area contributed by atoms with Gasteiger partial charge in [0.25, 0.3) is 0 Å². The number of nitrogens with two attached hydrogens (primary N) is 1. The van der Waals surface area contributed by atoms with Gasteiger partial charge in [-0.05, 0) is 36.8 Å². The van der Waals surface area contributed by atoms with Crippen LogP contribution in [-0.4, -0.2) is 4.98 Å². The van der Waals surface area contributed by atoms with Gasteiger partial charge in [-0.25, -0.2) is 0 Å². The molecule has 0 saturated heterocycles. The van der Waals surface area contributed by atoms with Gasteiger partial charge in [0.15, 0.2) is 0 Å². The molecule has 1 heterocycles. The van der Waals surface area contributed by atoms with E-state index < -0.39 is 0 Å². The zero-order chi connectivity index (χ0) is 13.9. The summed E-state index contributed by atoms with van der Waals surface area (Å²) in [6.45, 7) is 2.44. The highest BCUT2D eigenvalue weighted by Crippen LogP contribution is 2.30. The Hall–Kier alpha value is -2.39. The smallest absolute Gasteiger partial charge is 0.138 e. The summed E-state index contributed by atoms with van der Waals surface area (Å²) >= 11 is 0. The molecule has 0 bridgehead atoms. The summed E-state index contributed by atoms with van der Waals surface area (Å²) in [5, 5.41) is 0.992. The summed E-state index contributed by atoms with van der Waals surface area (Å²) in [5.41, 5.74) is 8.60. The van der Waals surface area contributed by atoms with Crippen LogP contribution in [-0.2, 0) is 6.54 Å². The first-order valence-electron chi connectivity index (χ1n) is 6.59. The Morgan fingerprint density at radius 1 is 1.05 bits per heavy atom. The van der Waals surface area contributed by atoms with E-state index in [2.05, 4.69) is 4.98 Å². The fourth-order valence-corrected chi connectivity index (χ4v) is 2.19. The molecule has 3 aromatic rings. The number of aryl methyl sites for hydroxylation is 1.